The number of amides is 2. The van der Waals surface area contributed by atoms with E-state index in [1.807, 2.05) is 6.07 Å². The summed E-state index contributed by atoms with van der Waals surface area (Å²) in [5.41, 5.74) is 1.34. The molecule has 1 heterocycles. The van der Waals surface area contributed by atoms with E-state index in [1.54, 1.807) is 14.1 Å². The van der Waals surface area contributed by atoms with Crippen LogP contribution in [0, 0.1) is 0 Å². The molecule has 1 N–H and O–H groups in total. The van der Waals surface area contributed by atoms with Crippen molar-refractivity contribution in [1.29, 1.82) is 0 Å². The average molecular weight is 267 g/mol. The van der Waals surface area contributed by atoms with Crippen molar-refractivity contribution >= 4 is 22.6 Å². The maximum atomic E-state index is 11.6. The number of hydrogen-bond donors (Lipinski definition) is 1. The number of anilines is 1. The van der Waals surface area contributed by atoms with Gasteiger partial charge in [0.2, 0.25) is 0 Å². The van der Waals surface area contributed by atoms with Crippen molar-refractivity contribution in [3.8, 4) is 0 Å². The minimum Gasteiger partial charge on any atom is -0.331 e. The van der Waals surface area contributed by atoms with E-state index in [4.69, 9.17) is 0 Å². The summed E-state index contributed by atoms with van der Waals surface area (Å²) in [5.74, 6) is 0. The normalized spacial score (nSPS) is 18.4. The van der Waals surface area contributed by atoms with Gasteiger partial charge in [0.15, 0.2) is 0 Å². The molecule has 0 aliphatic heterocycles. The Balaban J connectivity index is 2.07. The van der Waals surface area contributed by atoms with E-state index < -0.39 is 0 Å². The Bertz CT molecular complexity index is 422. The van der Waals surface area contributed by atoms with Crippen LogP contribution in [0.5, 0.6) is 0 Å². The minimum atomic E-state index is -0.0982. The second-order valence-electron chi connectivity index (χ2n) is 5.52. The predicted molar refractivity (Wildman–Crippen MR) is 75.3 cm³/mol. The summed E-state index contributed by atoms with van der Waals surface area (Å²) >= 11 is 1.38. The third-order valence-corrected chi connectivity index (χ3v) is 4.43. The Kier molecular flexibility index (Phi) is 3.90. The first-order valence-electron chi connectivity index (χ1n) is 6.47. The van der Waals surface area contributed by atoms with Crippen LogP contribution in [-0.2, 0) is 5.41 Å². The molecular formula is C13H21N3OS. The van der Waals surface area contributed by atoms with Crippen LogP contribution in [0.15, 0.2) is 6.07 Å². The molecule has 1 aliphatic carbocycles. The summed E-state index contributed by atoms with van der Waals surface area (Å²) in [7, 11) is 3.47. The fourth-order valence-corrected chi connectivity index (χ4v) is 3.19. The van der Waals surface area contributed by atoms with E-state index in [0.717, 1.165) is 10.7 Å². The number of rotatable bonds is 2. The van der Waals surface area contributed by atoms with Gasteiger partial charge in [0.1, 0.15) is 5.00 Å². The summed E-state index contributed by atoms with van der Waals surface area (Å²) in [6.45, 7) is 2.29. The molecule has 1 aromatic heterocycles. The maximum Gasteiger partial charge on any atom is 0.321 e. The minimum absolute atomic E-state index is 0.0982. The topological polar surface area (TPSA) is 45.2 Å². The highest BCUT2D eigenvalue weighted by atomic mass is 32.1. The largest absolute Gasteiger partial charge is 0.331 e. The van der Waals surface area contributed by atoms with Crippen LogP contribution >= 0.6 is 11.5 Å². The summed E-state index contributed by atoms with van der Waals surface area (Å²) in [5, 5.41) is 3.70. The van der Waals surface area contributed by atoms with Crippen LogP contribution in [-0.4, -0.2) is 29.4 Å². The molecule has 2 amide bonds. The van der Waals surface area contributed by atoms with Gasteiger partial charge >= 0.3 is 6.03 Å². The van der Waals surface area contributed by atoms with Crippen molar-refractivity contribution in [1.82, 2.24) is 9.27 Å². The fourth-order valence-electron chi connectivity index (χ4n) is 2.42. The van der Waals surface area contributed by atoms with Crippen molar-refractivity contribution in [2.75, 3.05) is 19.4 Å². The Hall–Kier alpha value is -1.10. The molecule has 1 fully saturated rings. The molecule has 1 aliphatic rings. The van der Waals surface area contributed by atoms with Gasteiger partial charge in [-0.3, -0.25) is 5.32 Å². The quantitative estimate of drug-likeness (QED) is 0.892. The van der Waals surface area contributed by atoms with E-state index in [1.165, 1.54) is 48.5 Å². The lowest BCUT2D eigenvalue weighted by atomic mass is 9.73. The first-order valence-corrected chi connectivity index (χ1v) is 7.24. The molecule has 0 radical (unpaired) electrons. The highest BCUT2D eigenvalue weighted by molar-refractivity contribution is 7.10. The number of nitrogens with zero attached hydrogens (tertiary/aromatic N) is 2. The Labute approximate surface area is 113 Å². The number of carbonyl (C=O) groups excluding carboxylic acids is 1. The molecule has 0 spiro atoms. The zero-order valence-corrected chi connectivity index (χ0v) is 12.1. The van der Waals surface area contributed by atoms with Crippen LogP contribution in [0.4, 0.5) is 9.80 Å². The van der Waals surface area contributed by atoms with E-state index in [2.05, 4.69) is 16.6 Å². The second-order valence-corrected chi connectivity index (χ2v) is 6.33. The van der Waals surface area contributed by atoms with Crippen molar-refractivity contribution in [2.24, 2.45) is 0 Å². The molecule has 0 bridgehead atoms. The number of urea groups is 1. The summed E-state index contributed by atoms with van der Waals surface area (Å²) < 4.78 is 4.53. The highest BCUT2D eigenvalue weighted by Crippen LogP contribution is 2.39. The van der Waals surface area contributed by atoms with Crippen molar-refractivity contribution in [3.63, 3.8) is 0 Å². The Morgan fingerprint density at radius 2 is 2.06 bits per heavy atom. The first kappa shape index (κ1) is 13.3. The van der Waals surface area contributed by atoms with Crippen LogP contribution in [0.25, 0.3) is 0 Å². The molecule has 0 saturated heterocycles. The molecular weight excluding hydrogens is 246 g/mol. The monoisotopic (exact) mass is 267 g/mol. The summed E-state index contributed by atoms with van der Waals surface area (Å²) in [4.78, 5) is 13.1. The smallest absolute Gasteiger partial charge is 0.321 e. The zero-order chi connectivity index (χ0) is 13.2. The lowest BCUT2D eigenvalue weighted by molar-refractivity contribution is 0.231. The molecule has 2 rings (SSSR count). The van der Waals surface area contributed by atoms with Gasteiger partial charge in [-0.1, -0.05) is 26.2 Å². The molecule has 1 saturated carbocycles. The second kappa shape index (κ2) is 5.26. The number of nitrogens with one attached hydrogen (secondary N) is 1. The number of carbonyl (C=O) groups is 1. The standard InChI is InChI=1S/C13H21N3OS/c1-13(7-5-4-6-8-13)10-9-11(18-15-10)14-12(17)16(2)3/h9H,4-8H2,1-3H3,(H,14,17). The molecule has 100 valence electrons. The molecule has 0 aromatic carbocycles. The van der Waals surface area contributed by atoms with Crippen molar-refractivity contribution in [3.05, 3.63) is 11.8 Å². The lowest BCUT2D eigenvalue weighted by Crippen LogP contribution is -2.27. The molecule has 4 nitrogen and oxygen atoms in total. The summed E-state index contributed by atoms with van der Waals surface area (Å²) in [6.07, 6.45) is 6.32. The van der Waals surface area contributed by atoms with E-state index in [9.17, 15) is 4.79 Å². The molecule has 1 aromatic rings. The molecule has 0 atom stereocenters. The van der Waals surface area contributed by atoms with Gasteiger partial charge in [0.25, 0.3) is 0 Å². The van der Waals surface area contributed by atoms with Crippen molar-refractivity contribution in [2.45, 2.75) is 44.4 Å². The van der Waals surface area contributed by atoms with Crippen molar-refractivity contribution < 1.29 is 4.79 Å². The van der Waals surface area contributed by atoms with Crippen LogP contribution in [0.2, 0.25) is 0 Å². The summed E-state index contributed by atoms with van der Waals surface area (Å²) in [6, 6.07) is 1.94. The number of aromatic nitrogens is 1. The molecule has 5 heteroatoms. The van der Waals surface area contributed by atoms with Gasteiger partial charge in [-0.2, -0.15) is 4.37 Å². The van der Waals surface area contributed by atoms with Gasteiger partial charge in [-0.15, -0.1) is 0 Å². The van der Waals surface area contributed by atoms with Gasteiger partial charge in [0, 0.05) is 19.5 Å². The van der Waals surface area contributed by atoms with Gasteiger partial charge < -0.3 is 4.90 Å². The Morgan fingerprint density at radius 3 is 2.67 bits per heavy atom. The predicted octanol–water partition coefficient (Wildman–Crippen LogP) is 3.46. The highest BCUT2D eigenvalue weighted by Gasteiger charge is 2.31. The number of hydrogen-bond acceptors (Lipinski definition) is 3. The molecule has 0 unspecified atom stereocenters. The third-order valence-electron chi connectivity index (χ3n) is 3.72. The first-order chi connectivity index (χ1) is 8.51. The zero-order valence-electron chi connectivity index (χ0n) is 11.3. The van der Waals surface area contributed by atoms with Gasteiger partial charge in [-0.25, -0.2) is 4.79 Å². The molecule has 18 heavy (non-hydrogen) atoms. The third kappa shape index (κ3) is 2.83. The Morgan fingerprint density at radius 1 is 1.39 bits per heavy atom. The maximum absolute atomic E-state index is 11.6. The lowest BCUT2D eigenvalue weighted by Gasteiger charge is -2.31. The average Bonchev–Trinajstić information content (AvgIpc) is 2.79. The van der Waals surface area contributed by atoms with Gasteiger partial charge in [0.05, 0.1) is 5.69 Å². The van der Waals surface area contributed by atoms with Crippen LogP contribution in [0.3, 0.4) is 0 Å². The van der Waals surface area contributed by atoms with Crippen LogP contribution in [0.1, 0.15) is 44.7 Å². The van der Waals surface area contributed by atoms with E-state index in [0.29, 0.717) is 0 Å². The van der Waals surface area contributed by atoms with Gasteiger partial charge in [-0.05, 0) is 30.4 Å². The van der Waals surface area contributed by atoms with Crippen LogP contribution < -0.4 is 5.32 Å². The fraction of sp³-hybridized carbons (Fsp3) is 0.692. The van der Waals surface area contributed by atoms with E-state index in [-0.39, 0.29) is 11.4 Å². The van der Waals surface area contributed by atoms with E-state index >= 15 is 0 Å². The SMILES string of the molecule is CN(C)C(=O)Nc1cc(C2(C)CCCCC2)ns1.